The van der Waals surface area contributed by atoms with Crippen molar-refractivity contribution in [3.05, 3.63) is 52.9 Å². The summed E-state index contributed by atoms with van der Waals surface area (Å²) in [6, 6.07) is 5.20. The highest BCUT2D eigenvalue weighted by Gasteiger charge is 2.55. The Morgan fingerprint density at radius 3 is 2.80 bits per heavy atom. The molecule has 2 aromatic heterocycles. The standard InChI is InChI=1S/C30H35FN6O3/c1-17(21-5-4-6-22-24(31)15-40-25(21)22)32-27-23-14-37(20-9-11-36(13-20)28(38)19-7-8-19)29(39)30(10-12-35(3)16-30)26(23)33-18(2)34-27/h4-6,15,17,19-20H,7-14,16H2,1-3H3,(H,32,33,34)/t17-,20-,30?/m1/s1. The first kappa shape index (κ1) is 25.4. The molecule has 5 heterocycles. The lowest BCUT2D eigenvalue weighted by Gasteiger charge is -2.43. The first-order chi connectivity index (χ1) is 19.2. The van der Waals surface area contributed by atoms with Crippen molar-refractivity contribution in [1.82, 2.24) is 24.7 Å². The Labute approximate surface area is 232 Å². The van der Waals surface area contributed by atoms with Crippen LogP contribution in [0.1, 0.15) is 61.3 Å². The molecule has 210 valence electrons. The number of aromatic nitrogens is 2. The second-order valence-electron chi connectivity index (χ2n) is 12.1. The van der Waals surface area contributed by atoms with E-state index in [1.165, 1.54) is 0 Å². The van der Waals surface area contributed by atoms with E-state index in [-0.39, 0.29) is 35.6 Å². The maximum absolute atomic E-state index is 14.3. The minimum absolute atomic E-state index is 0.0300. The molecule has 3 aromatic rings. The average Bonchev–Trinajstić information content (AvgIpc) is 3.35. The molecule has 1 spiro atoms. The topological polar surface area (TPSA) is 94.8 Å². The van der Waals surface area contributed by atoms with Gasteiger partial charge in [-0.3, -0.25) is 9.59 Å². The highest BCUT2D eigenvalue weighted by Crippen LogP contribution is 2.44. The number of carbonyl (C=O) groups is 2. The van der Waals surface area contributed by atoms with Crippen LogP contribution >= 0.6 is 0 Å². The zero-order valence-electron chi connectivity index (χ0n) is 23.2. The number of hydrogen-bond acceptors (Lipinski definition) is 7. The quantitative estimate of drug-likeness (QED) is 0.521. The van der Waals surface area contributed by atoms with E-state index >= 15 is 0 Å². The van der Waals surface area contributed by atoms with E-state index in [1.807, 2.05) is 42.8 Å². The normalized spacial score (nSPS) is 25.7. The Balaban J connectivity index is 1.26. The van der Waals surface area contributed by atoms with Crippen molar-refractivity contribution in [2.75, 3.05) is 38.5 Å². The van der Waals surface area contributed by atoms with Gasteiger partial charge in [-0.15, -0.1) is 0 Å². The minimum Gasteiger partial charge on any atom is -0.461 e. The Bertz CT molecular complexity index is 1520. The van der Waals surface area contributed by atoms with Crippen LogP contribution in [0.15, 0.2) is 28.9 Å². The number of furan rings is 1. The maximum atomic E-state index is 14.3. The molecule has 1 N–H and O–H groups in total. The molecule has 3 atom stereocenters. The second-order valence-corrected chi connectivity index (χ2v) is 12.1. The van der Waals surface area contributed by atoms with Crippen LogP contribution < -0.4 is 5.32 Å². The summed E-state index contributed by atoms with van der Waals surface area (Å²) in [6.45, 7) is 6.95. The van der Waals surface area contributed by atoms with Crippen LogP contribution in [0.5, 0.6) is 0 Å². The Morgan fingerprint density at radius 2 is 2.05 bits per heavy atom. The summed E-state index contributed by atoms with van der Waals surface area (Å²) in [7, 11) is 2.05. The minimum atomic E-state index is -0.742. The van der Waals surface area contributed by atoms with Crippen molar-refractivity contribution < 1.29 is 18.4 Å². The summed E-state index contributed by atoms with van der Waals surface area (Å²) in [5.74, 6) is 1.44. The van der Waals surface area contributed by atoms with Gasteiger partial charge in [-0.05, 0) is 59.2 Å². The summed E-state index contributed by atoms with van der Waals surface area (Å²) in [5, 5.41) is 4.02. The van der Waals surface area contributed by atoms with Gasteiger partial charge in [-0.1, -0.05) is 12.1 Å². The van der Waals surface area contributed by atoms with Crippen molar-refractivity contribution in [3.63, 3.8) is 0 Å². The fraction of sp³-hybridized carbons (Fsp3) is 0.533. The van der Waals surface area contributed by atoms with Crippen LogP contribution in [0.2, 0.25) is 0 Å². The third kappa shape index (κ3) is 3.98. The van der Waals surface area contributed by atoms with Crippen LogP contribution in [-0.2, 0) is 21.5 Å². The van der Waals surface area contributed by atoms with E-state index in [1.54, 1.807) is 6.07 Å². The molecule has 1 aromatic carbocycles. The fourth-order valence-electron chi connectivity index (χ4n) is 7.00. The van der Waals surface area contributed by atoms with Crippen molar-refractivity contribution in [2.24, 2.45) is 5.92 Å². The summed E-state index contributed by atoms with van der Waals surface area (Å²) < 4.78 is 19.8. The Kier molecular flexibility index (Phi) is 5.89. The number of amides is 2. The number of rotatable bonds is 5. The molecule has 0 radical (unpaired) electrons. The molecule has 1 aliphatic carbocycles. The lowest BCUT2D eigenvalue weighted by molar-refractivity contribution is -0.142. The molecule has 3 aliphatic heterocycles. The first-order valence-corrected chi connectivity index (χ1v) is 14.3. The molecule has 1 unspecified atom stereocenters. The fourth-order valence-corrected chi connectivity index (χ4v) is 7.00. The monoisotopic (exact) mass is 546 g/mol. The van der Waals surface area contributed by atoms with Gasteiger partial charge in [0.1, 0.15) is 28.9 Å². The maximum Gasteiger partial charge on any atom is 0.236 e. The van der Waals surface area contributed by atoms with Gasteiger partial charge in [0.15, 0.2) is 5.82 Å². The van der Waals surface area contributed by atoms with Gasteiger partial charge in [0.25, 0.3) is 0 Å². The van der Waals surface area contributed by atoms with Crippen molar-refractivity contribution in [2.45, 2.75) is 63.6 Å². The molecule has 7 rings (SSSR count). The van der Waals surface area contributed by atoms with Gasteiger partial charge in [0.2, 0.25) is 11.8 Å². The van der Waals surface area contributed by atoms with Crippen molar-refractivity contribution in [1.29, 1.82) is 0 Å². The predicted octanol–water partition coefficient (Wildman–Crippen LogP) is 3.77. The number of likely N-dealkylation sites (tertiary alicyclic amines) is 2. The molecular weight excluding hydrogens is 511 g/mol. The predicted molar refractivity (Wildman–Crippen MR) is 147 cm³/mol. The third-order valence-electron chi connectivity index (χ3n) is 9.28. The highest BCUT2D eigenvalue weighted by molar-refractivity contribution is 5.92. The Hall–Kier alpha value is -3.53. The lowest BCUT2D eigenvalue weighted by Crippen LogP contribution is -2.56. The van der Waals surface area contributed by atoms with Crippen LogP contribution in [0, 0.1) is 18.7 Å². The van der Waals surface area contributed by atoms with E-state index in [0.29, 0.717) is 55.2 Å². The van der Waals surface area contributed by atoms with Crippen LogP contribution in [0.25, 0.3) is 11.0 Å². The van der Waals surface area contributed by atoms with Crippen LogP contribution in [-0.4, -0.2) is 75.8 Å². The molecule has 4 aliphatic rings. The van der Waals surface area contributed by atoms with Gasteiger partial charge >= 0.3 is 0 Å². The van der Waals surface area contributed by atoms with Gasteiger partial charge in [0, 0.05) is 36.7 Å². The summed E-state index contributed by atoms with van der Waals surface area (Å²) in [4.78, 5) is 43.0. The molecule has 2 saturated heterocycles. The molecule has 1 saturated carbocycles. The summed E-state index contributed by atoms with van der Waals surface area (Å²) >= 11 is 0. The van der Waals surface area contributed by atoms with E-state index in [9.17, 15) is 14.0 Å². The van der Waals surface area contributed by atoms with Crippen LogP contribution in [0.3, 0.4) is 0 Å². The zero-order chi connectivity index (χ0) is 27.8. The number of aryl methyl sites for hydroxylation is 1. The van der Waals surface area contributed by atoms with Gasteiger partial charge in [-0.2, -0.15) is 0 Å². The highest BCUT2D eigenvalue weighted by atomic mass is 19.1. The van der Waals surface area contributed by atoms with Gasteiger partial charge < -0.3 is 24.4 Å². The Morgan fingerprint density at radius 1 is 1.23 bits per heavy atom. The SMILES string of the molecule is Cc1nc(N[C@H](C)c2cccc3c(F)coc23)c2c(n1)C1(CCN(C)C1)C(=O)N([C@@H]1CCN(C(=O)C3CC3)C1)C2. The lowest BCUT2D eigenvalue weighted by atomic mass is 9.76. The van der Waals surface area contributed by atoms with E-state index in [0.717, 1.165) is 48.9 Å². The number of nitrogens with one attached hydrogen (secondary N) is 1. The first-order valence-electron chi connectivity index (χ1n) is 14.3. The number of likely N-dealkylation sites (N-methyl/N-ethyl adjacent to an activating group) is 1. The molecule has 9 nitrogen and oxygen atoms in total. The average molecular weight is 547 g/mol. The van der Waals surface area contributed by atoms with Gasteiger partial charge in [0.05, 0.1) is 29.7 Å². The van der Waals surface area contributed by atoms with E-state index in [4.69, 9.17) is 14.4 Å². The number of anilines is 1. The summed E-state index contributed by atoms with van der Waals surface area (Å²) in [6.07, 6.45) is 4.57. The molecule has 3 fully saturated rings. The number of carbonyl (C=O) groups excluding carboxylic acids is 2. The number of para-hydroxylation sites is 1. The largest absolute Gasteiger partial charge is 0.461 e. The number of benzene rings is 1. The smallest absolute Gasteiger partial charge is 0.236 e. The van der Waals surface area contributed by atoms with Crippen molar-refractivity contribution in [3.8, 4) is 0 Å². The second kappa shape index (κ2) is 9.26. The molecule has 10 heteroatoms. The molecule has 40 heavy (non-hydrogen) atoms. The number of fused-ring (bicyclic) bond motifs is 3. The number of halogens is 1. The van der Waals surface area contributed by atoms with E-state index in [2.05, 4.69) is 10.2 Å². The third-order valence-corrected chi connectivity index (χ3v) is 9.28. The number of nitrogens with zero attached hydrogens (tertiary/aromatic N) is 5. The van der Waals surface area contributed by atoms with Gasteiger partial charge in [-0.25, -0.2) is 14.4 Å². The number of hydrogen-bond donors (Lipinski definition) is 1. The van der Waals surface area contributed by atoms with E-state index < -0.39 is 5.41 Å². The summed E-state index contributed by atoms with van der Waals surface area (Å²) in [5.41, 5.74) is 2.34. The van der Waals surface area contributed by atoms with Crippen LogP contribution in [0.4, 0.5) is 10.2 Å². The molecule has 0 bridgehead atoms. The zero-order valence-corrected chi connectivity index (χ0v) is 23.2. The van der Waals surface area contributed by atoms with Crippen molar-refractivity contribution >= 4 is 28.6 Å². The molecular formula is C30H35FN6O3. The molecule has 2 amide bonds.